The molecular weight excluding hydrogens is 446 g/mol. The van der Waals surface area contributed by atoms with Gasteiger partial charge in [0.15, 0.2) is 0 Å². The molecular formula is C28H28ClN3O2. The zero-order valence-electron chi connectivity index (χ0n) is 19.2. The van der Waals surface area contributed by atoms with Crippen molar-refractivity contribution >= 4 is 34.2 Å². The number of fused-ring (bicyclic) bond motifs is 1. The van der Waals surface area contributed by atoms with Gasteiger partial charge in [-0.05, 0) is 48.5 Å². The van der Waals surface area contributed by atoms with Crippen molar-refractivity contribution in [3.63, 3.8) is 0 Å². The molecule has 5 nitrogen and oxygen atoms in total. The third-order valence-electron chi connectivity index (χ3n) is 6.55. The van der Waals surface area contributed by atoms with Crippen molar-refractivity contribution < 1.29 is 9.21 Å². The highest BCUT2D eigenvalue weighted by Gasteiger charge is 2.32. The topological polar surface area (TPSA) is 48.7 Å². The Bertz CT molecular complexity index is 1260. The SMILES string of the molecule is CCN1CCN(C(c2ccc(Cl)cc2)c2oc3ccccc3c2NC(=O)c2ccccc2)CC1. The largest absolute Gasteiger partial charge is 0.457 e. The average Bonchev–Trinajstić information content (AvgIpc) is 3.24. The molecule has 0 aliphatic carbocycles. The molecule has 1 aliphatic heterocycles. The Morgan fingerprint density at radius 2 is 1.62 bits per heavy atom. The fourth-order valence-corrected chi connectivity index (χ4v) is 4.80. The molecule has 1 N–H and O–H groups in total. The molecule has 1 atom stereocenters. The van der Waals surface area contributed by atoms with Gasteiger partial charge in [-0.1, -0.05) is 61.0 Å². The number of piperazine rings is 1. The van der Waals surface area contributed by atoms with E-state index < -0.39 is 0 Å². The molecule has 1 saturated heterocycles. The van der Waals surface area contributed by atoms with Crippen molar-refractivity contribution in [2.24, 2.45) is 0 Å². The van der Waals surface area contributed by atoms with Gasteiger partial charge >= 0.3 is 0 Å². The van der Waals surface area contributed by atoms with Gasteiger partial charge < -0.3 is 14.6 Å². The monoisotopic (exact) mass is 473 g/mol. The molecule has 6 heteroatoms. The Hall–Kier alpha value is -3.12. The van der Waals surface area contributed by atoms with Crippen LogP contribution in [0.2, 0.25) is 5.02 Å². The lowest BCUT2D eigenvalue weighted by Gasteiger charge is -2.38. The van der Waals surface area contributed by atoms with Crippen molar-refractivity contribution in [2.75, 3.05) is 38.0 Å². The van der Waals surface area contributed by atoms with E-state index in [0.717, 1.165) is 60.7 Å². The van der Waals surface area contributed by atoms with Gasteiger partial charge in [-0.2, -0.15) is 0 Å². The fourth-order valence-electron chi connectivity index (χ4n) is 4.67. The van der Waals surface area contributed by atoms with Crippen LogP contribution in [0, 0.1) is 0 Å². The van der Waals surface area contributed by atoms with Crippen molar-refractivity contribution in [3.05, 3.63) is 101 Å². The highest BCUT2D eigenvalue weighted by Crippen LogP contribution is 2.41. The lowest BCUT2D eigenvalue weighted by atomic mass is 9.99. The molecule has 5 rings (SSSR count). The second-order valence-corrected chi connectivity index (χ2v) is 9.02. The highest BCUT2D eigenvalue weighted by atomic mass is 35.5. The van der Waals surface area contributed by atoms with E-state index in [0.29, 0.717) is 10.6 Å². The number of nitrogens with zero attached hydrogens (tertiary/aromatic N) is 2. The van der Waals surface area contributed by atoms with Crippen LogP contribution in [0.1, 0.15) is 34.6 Å². The van der Waals surface area contributed by atoms with E-state index in [1.54, 1.807) is 0 Å². The first kappa shape index (κ1) is 22.7. The minimum atomic E-state index is -0.154. The number of carbonyl (C=O) groups is 1. The molecule has 0 radical (unpaired) electrons. The van der Waals surface area contributed by atoms with Crippen LogP contribution in [0.5, 0.6) is 0 Å². The van der Waals surface area contributed by atoms with Gasteiger partial charge in [0.2, 0.25) is 0 Å². The minimum Gasteiger partial charge on any atom is -0.457 e. The lowest BCUT2D eigenvalue weighted by Crippen LogP contribution is -2.47. The number of hydrogen-bond donors (Lipinski definition) is 1. The number of hydrogen-bond acceptors (Lipinski definition) is 4. The number of furan rings is 1. The maximum atomic E-state index is 13.2. The van der Waals surface area contributed by atoms with E-state index in [1.165, 1.54) is 0 Å². The Morgan fingerprint density at radius 1 is 0.941 bits per heavy atom. The van der Waals surface area contributed by atoms with Crippen molar-refractivity contribution in [3.8, 4) is 0 Å². The Balaban J connectivity index is 1.60. The predicted octanol–water partition coefficient (Wildman–Crippen LogP) is 6.07. The molecule has 0 bridgehead atoms. The quantitative estimate of drug-likeness (QED) is 0.369. The van der Waals surface area contributed by atoms with E-state index >= 15 is 0 Å². The minimum absolute atomic E-state index is 0.144. The normalized spacial score (nSPS) is 15.9. The zero-order chi connectivity index (χ0) is 23.5. The van der Waals surface area contributed by atoms with Crippen LogP contribution in [0.25, 0.3) is 11.0 Å². The number of carbonyl (C=O) groups excluding carboxylic acids is 1. The molecule has 4 aromatic rings. The Labute approximate surface area is 204 Å². The highest BCUT2D eigenvalue weighted by molar-refractivity contribution is 6.30. The van der Waals surface area contributed by atoms with Gasteiger partial charge in [0.05, 0.1) is 11.7 Å². The summed E-state index contributed by atoms with van der Waals surface area (Å²) in [6, 6.07) is 24.9. The first-order valence-electron chi connectivity index (χ1n) is 11.7. The van der Waals surface area contributed by atoms with Crippen LogP contribution in [0.15, 0.2) is 83.3 Å². The molecule has 1 fully saturated rings. The molecule has 2 heterocycles. The summed E-state index contributed by atoms with van der Waals surface area (Å²) in [7, 11) is 0. The van der Waals surface area contributed by atoms with E-state index in [4.69, 9.17) is 16.0 Å². The number of para-hydroxylation sites is 1. The van der Waals surface area contributed by atoms with Gasteiger partial charge in [-0.15, -0.1) is 0 Å². The van der Waals surface area contributed by atoms with Crippen molar-refractivity contribution in [2.45, 2.75) is 13.0 Å². The van der Waals surface area contributed by atoms with E-state index in [2.05, 4.69) is 34.2 Å². The van der Waals surface area contributed by atoms with E-state index in [-0.39, 0.29) is 11.9 Å². The maximum absolute atomic E-state index is 13.2. The average molecular weight is 474 g/mol. The number of anilines is 1. The standard InChI is InChI=1S/C28H28ClN3O2/c1-2-31-16-18-32(19-17-31)26(20-12-14-22(29)15-13-20)27-25(23-10-6-7-11-24(23)34-27)30-28(33)21-8-4-3-5-9-21/h3-15,26H,2,16-19H2,1H3,(H,30,33). The van der Waals surface area contributed by atoms with Gasteiger partial charge in [0.1, 0.15) is 11.3 Å². The molecule has 0 saturated carbocycles. The number of likely N-dealkylation sites (N-methyl/N-ethyl adjacent to an activating group) is 1. The molecule has 1 aromatic heterocycles. The maximum Gasteiger partial charge on any atom is 0.255 e. The molecule has 34 heavy (non-hydrogen) atoms. The van der Waals surface area contributed by atoms with Crippen LogP contribution in [-0.4, -0.2) is 48.4 Å². The van der Waals surface area contributed by atoms with E-state index in [9.17, 15) is 4.79 Å². The molecule has 0 spiro atoms. The number of nitrogens with one attached hydrogen (secondary N) is 1. The summed E-state index contributed by atoms with van der Waals surface area (Å²) < 4.78 is 6.49. The van der Waals surface area contributed by atoms with Crippen LogP contribution in [0.4, 0.5) is 5.69 Å². The summed E-state index contributed by atoms with van der Waals surface area (Å²) in [5.74, 6) is 0.594. The summed E-state index contributed by atoms with van der Waals surface area (Å²) in [5.41, 5.74) is 3.18. The third kappa shape index (κ3) is 4.60. The first-order valence-corrected chi connectivity index (χ1v) is 12.1. The van der Waals surface area contributed by atoms with Crippen molar-refractivity contribution in [1.82, 2.24) is 9.80 Å². The summed E-state index contributed by atoms with van der Waals surface area (Å²) in [5, 5.41) is 4.77. The van der Waals surface area contributed by atoms with Gasteiger partial charge in [0.25, 0.3) is 5.91 Å². The van der Waals surface area contributed by atoms with Crippen LogP contribution >= 0.6 is 11.6 Å². The zero-order valence-corrected chi connectivity index (χ0v) is 20.0. The molecule has 174 valence electrons. The first-order chi connectivity index (χ1) is 16.6. The second-order valence-electron chi connectivity index (χ2n) is 8.58. The van der Waals surface area contributed by atoms with Crippen molar-refractivity contribution in [1.29, 1.82) is 0 Å². The summed E-state index contributed by atoms with van der Waals surface area (Å²) >= 11 is 6.22. The lowest BCUT2D eigenvalue weighted by molar-refractivity contribution is 0.102. The predicted molar refractivity (Wildman–Crippen MR) is 138 cm³/mol. The summed E-state index contributed by atoms with van der Waals surface area (Å²) in [6.45, 7) is 7.04. The van der Waals surface area contributed by atoms with E-state index in [1.807, 2.05) is 66.7 Å². The van der Waals surface area contributed by atoms with Gasteiger partial charge in [-0.25, -0.2) is 0 Å². The van der Waals surface area contributed by atoms with Crippen LogP contribution < -0.4 is 5.32 Å². The molecule has 1 unspecified atom stereocenters. The number of benzene rings is 3. The Kier molecular flexibility index (Phi) is 6.68. The summed E-state index contributed by atoms with van der Waals surface area (Å²) in [6.07, 6.45) is 0. The Morgan fingerprint density at radius 3 is 2.32 bits per heavy atom. The molecule has 1 amide bonds. The second kappa shape index (κ2) is 10.0. The fraction of sp³-hybridized carbons (Fsp3) is 0.250. The smallest absolute Gasteiger partial charge is 0.255 e. The molecule has 1 aliphatic rings. The summed E-state index contributed by atoms with van der Waals surface area (Å²) in [4.78, 5) is 18.1. The third-order valence-corrected chi connectivity index (χ3v) is 6.80. The molecule has 3 aromatic carbocycles. The number of halogens is 1. The number of amides is 1. The van der Waals surface area contributed by atoms with Crippen LogP contribution in [0.3, 0.4) is 0 Å². The van der Waals surface area contributed by atoms with Crippen LogP contribution in [-0.2, 0) is 0 Å². The van der Waals surface area contributed by atoms with Gasteiger partial charge in [-0.3, -0.25) is 9.69 Å². The van der Waals surface area contributed by atoms with Gasteiger partial charge in [0, 0.05) is 42.2 Å². The number of rotatable bonds is 6.